The zero-order valence-electron chi connectivity index (χ0n) is 9.51. The molecular weight excluding hydrogens is 256 g/mol. The van der Waals surface area contributed by atoms with Gasteiger partial charge in [0, 0.05) is 49.1 Å². The summed E-state index contributed by atoms with van der Waals surface area (Å²) in [7, 11) is 0. The van der Waals surface area contributed by atoms with E-state index in [4.69, 9.17) is 11.6 Å². The summed E-state index contributed by atoms with van der Waals surface area (Å²) in [6.45, 7) is 5.05. The van der Waals surface area contributed by atoms with E-state index in [1.807, 2.05) is 0 Å². The molecule has 17 heavy (non-hydrogen) atoms. The predicted molar refractivity (Wildman–Crippen MR) is 68.2 cm³/mol. The maximum Gasteiger partial charge on any atom is 0.138 e. The van der Waals surface area contributed by atoms with Crippen LogP contribution in [0.3, 0.4) is 0 Å². The van der Waals surface area contributed by atoms with Crippen LogP contribution in [0.15, 0.2) is 18.3 Å². The number of nitrogens with zero attached hydrogens (tertiary/aromatic N) is 4. The molecule has 4 nitrogen and oxygen atoms in total. The van der Waals surface area contributed by atoms with Crippen molar-refractivity contribution in [2.45, 2.75) is 26.1 Å². The first-order chi connectivity index (χ1) is 8.25. The van der Waals surface area contributed by atoms with Crippen molar-refractivity contribution in [3.63, 3.8) is 0 Å². The van der Waals surface area contributed by atoms with Gasteiger partial charge in [0.05, 0.1) is 0 Å². The SMILES string of the molecule is CC1c2cccn2CCN1Cc1nnsc1Cl. The first kappa shape index (κ1) is 11.2. The van der Waals surface area contributed by atoms with Gasteiger partial charge in [0.25, 0.3) is 0 Å². The normalized spacial score (nSPS) is 20.5. The fourth-order valence-electron chi connectivity index (χ4n) is 2.33. The highest BCUT2D eigenvalue weighted by Gasteiger charge is 2.24. The summed E-state index contributed by atoms with van der Waals surface area (Å²) in [4.78, 5) is 2.39. The second-order valence-corrected chi connectivity index (χ2v) is 5.62. The van der Waals surface area contributed by atoms with Crippen LogP contribution in [0.2, 0.25) is 4.34 Å². The Bertz CT molecular complexity index is 521. The summed E-state index contributed by atoms with van der Waals surface area (Å²) in [5.74, 6) is 0. The van der Waals surface area contributed by atoms with Crippen LogP contribution in [0.4, 0.5) is 0 Å². The summed E-state index contributed by atoms with van der Waals surface area (Å²) >= 11 is 7.30. The molecule has 0 saturated carbocycles. The number of fused-ring (bicyclic) bond motifs is 1. The summed E-state index contributed by atoms with van der Waals surface area (Å²) in [6.07, 6.45) is 2.14. The van der Waals surface area contributed by atoms with Gasteiger partial charge in [0.1, 0.15) is 10.0 Å². The first-order valence-electron chi connectivity index (χ1n) is 5.61. The maximum absolute atomic E-state index is 6.05. The highest BCUT2D eigenvalue weighted by Crippen LogP contribution is 2.28. The molecule has 1 aliphatic rings. The van der Waals surface area contributed by atoms with E-state index < -0.39 is 0 Å². The van der Waals surface area contributed by atoms with E-state index in [0.717, 1.165) is 25.3 Å². The lowest BCUT2D eigenvalue weighted by Crippen LogP contribution is -2.36. The minimum atomic E-state index is 0.400. The van der Waals surface area contributed by atoms with Crippen LogP contribution in [-0.2, 0) is 13.1 Å². The molecule has 3 heterocycles. The number of aromatic nitrogens is 3. The quantitative estimate of drug-likeness (QED) is 0.840. The first-order valence-corrected chi connectivity index (χ1v) is 6.76. The molecule has 0 spiro atoms. The molecule has 2 aromatic heterocycles. The lowest BCUT2D eigenvalue weighted by Gasteiger charge is -2.34. The number of rotatable bonds is 2. The van der Waals surface area contributed by atoms with Crippen molar-refractivity contribution in [2.75, 3.05) is 6.54 Å². The fraction of sp³-hybridized carbons (Fsp3) is 0.455. The monoisotopic (exact) mass is 268 g/mol. The van der Waals surface area contributed by atoms with Crippen LogP contribution in [0, 0.1) is 0 Å². The smallest absolute Gasteiger partial charge is 0.138 e. The van der Waals surface area contributed by atoms with E-state index in [9.17, 15) is 0 Å². The molecular formula is C11H13ClN4S. The topological polar surface area (TPSA) is 34.0 Å². The summed E-state index contributed by atoms with van der Waals surface area (Å²) in [5.41, 5.74) is 2.25. The molecule has 0 N–H and O–H groups in total. The van der Waals surface area contributed by atoms with Crippen molar-refractivity contribution in [1.82, 2.24) is 19.1 Å². The Balaban J connectivity index is 1.81. The molecule has 90 valence electrons. The Labute approximate surface area is 109 Å². The van der Waals surface area contributed by atoms with Crippen LogP contribution in [-0.4, -0.2) is 25.6 Å². The van der Waals surface area contributed by atoms with Gasteiger partial charge >= 0.3 is 0 Å². The van der Waals surface area contributed by atoms with Crippen molar-refractivity contribution < 1.29 is 0 Å². The molecule has 0 bridgehead atoms. The molecule has 0 fully saturated rings. The van der Waals surface area contributed by atoms with Gasteiger partial charge in [-0.2, -0.15) is 0 Å². The molecule has 0 saturated heterocycles. The van der Waals surface area contributed by atoms with Crippen LogP contribution in [0.5, 0.6) is 0 Å². The van der Waals surface area contributed by atoms with E-state index in [0.29, 0.717) is 10.4 Å². The largest absolute Gasteiger partial charge is 0.349 e. The lowest BCUT2D eigenvalue weighted by molar-refractivity contribution is 0.159. The van der Waals surface area contributed by atoms with Crippen LogP contribution in [0.1, 0.15) is 24.4 Å². The number of hydrogen-bond acceptors (Lipinski definition) is 4. The number of hydrogen-bond donors (Lipinski definition) is 0. The molecule has 1 atom stereocenters. The maximum atomic E-state index is 6.05. The third kappa shape index (κ3) is 1.99. The predicted octanol–water partition coefficient (Wildman–Crippen LogP) is 2.57. The summed E-state index contributed by atoms with van der Waals surface area (Å²) in [6, 6.07) is 4.68. The third-order valence-corrected chi connectivity index (χ3v) is 4.32. The van der Waals surface area contributed by atoms with E-state index in [-0.39, 0.29) is 0 Å². The average Bonchev–Trinajstić information content (AvgIpc) is 2.92. The standard InChI is InChI=1S/C11H13ClN4S/c1-8-10-3-2-4-15(10)5-6-16(8)7-9-11(12)17-14-13-9/h2-4,8H,5-7H2,1H3. The van der Waals surface area contributed by atoms with Crippen LogP contribution >= 0.6 is 23.1 Å². The molecule has 0 aromatic carbocycles. The van der Waals surface area contributed by atoms with Crippen LogP contribution < -0.4 is 0 Å². The van der Waals surface area contributed by atoms with E-state index in [1.54, 1.807) is 0 Å². The van der Waals surface area contributed by atoms with E-state index >= 15 is 0 Å². The van der Waals surface area contributed by atoms with Crippen molar-refractivity contribution >= 4 is 23.1 Å². The van der Waals surface area contributed by atoms with Gasteiger partial charge in [-0.3, -0.25) is 4.90 Å². The zero-order chi connectivity index (χ0) is 11.8. The molecule has 0 radical (unpaired) electrons. The molecule has 2 aromatic rings. The van der Waals surface area contributed by atoms with Gasteiger partial charge in [0.2, 0.25) is 0 Å². The summed E-state index contributed by atoms with van der Waals surface area (Å²) < 4.78 is 6.89. The molecule has 0 aliphatic carbocycles. The second-order valence-electron chi connectivity index (χ2n) is 4.27. The number of halogens is 1. The Kier molecular flexibility index (Phi) is 2.90. The van der Waals surface area contributed by atoms with Gasteiger partial charge in [0.15, 0.2) is 0 Å². The average molecular weight is 269 g/mol. The van der Waals surface area contributed by atoms with Crippen molar-refractivity contribution in [3.8, 4) is 0 Å². The van der Waals surface area contributed by atoms with Gasteiger partial charge in [-0.15, -0.1) is 5.10 Å². The minimum Gasteiger partial charge on any atom is -0.349 e. The van der Waals surface area contributed by atoms with Crippen molar-refractivity contribution in [1.29, 1.82) is 0 Å². The van der Waals surface area contributed by atoms with E-state index in [2.05, 4.69) is 44.3 Å². The van der Waals surface area contributed by atoms with Crippen molar-refractivity contribution in [2.24, 2.45) is 0 Å². The van der Waals surface area contributed by atoms with Gasteiger partial charge < -0.3 is 4.57 Å². The van der Waals surface area contributed by atoms with Gasteiger partial charge in [-0.25, -0.2) is 0 Å². The highest BCUT2D eigenvalue weighted by atomic mass is 35.5. The fourth-order valence-corrected chi connectivity index (χ4v) is 2.94. The minimum absolute atomic E-state index is 0.400. The summed E-state index contributed by atoms with van der Waals surface area (Å²) in [5, 5.41) is 4.08. The Morgan fingerprint density at radius 2 is 2.41 bits per heavy atom. The molecule has 1 aliphatic heterocycles. The van der Waals surface area contributed by atoms with E-state index in [1.165, 1.54) is 17.2 Å². The third-order valence-electron chi connectivity index (χ3n) is 3.33. The van der Waals surface area contributed by atoms with Gasteiger partial charge in [-0.05, 0) is 19.1 Å². The zero-order valence-corrected chi connectivity index (χ0v) is 11.1. The molecule has 1 unspecified atom stereocenters. The second kappa shape index (κ2) is 4.40. The van der Waals surface area contributed by atoms with Crippen molar-refractivity contribution in [3.05, 3.63) is 34.1 Å². The molecule has 3 rings (SSSR count). The van der Waals surface area contributed by atoms with Crippen LogP contribution in [0.25, 0.3) is 0 Å². The Hall–Kier alpha value is -0.910. The Morgan fingerprint density at radius 1 is 1.53 bits per heavy atom. The van der Waals surface area contributed by atoms with Gasteiger partial charge in [-0.1, -0.05) is 16.1 Å². The molecule has 6 heteroatoms. The molecule has 0 amide bonds. The highest BCUT2D eigenvalue weighted by molar-refractivity contribution is 7.10. The lowest BCUT2D eigenvalue weighted by atomic mass is 10.1. The Morgan fingerprint density at radius 3 is 3.18 bits per heavy atom.